The fourth-order valence-electron chi connectivity index (χ4n) is 4.11. The monoisotopic (exact) mass is 617 g/mol. The molecule has 0 bridgehead atoms. The van der Waals surface area contributed by atoms with Crippen molar-refractivity contribution in [1.82, 2.24) is 20.2 Å². The maximum atomic E-state index is 12.8. The normalized spacial score (nSPS) is 14.1. The van der Waals surface area contributed by atoms with Crippen molar-refractivity contribution < 1.29 is 36.3 Å². The molecule has 1 aromatic heterocycles. The van der Waals surface area contributed by atoms with E-state index >= 15 is 0 Å². The Hall–Kier alpha value is -3.63. The van der Waals surface area contributed by atoms with Gasteiger partial charge >= 0.3 is 6.18 Å². The van der Waals surface area contributed by atoms with Gasteiger partial charge in [-0.05, 0) is 36.1 Å². The first kappa shape index (κ1) is 30.3. The van der Waals surface area contributed by atoms with E-state index in [2.05, 4.69) is 10.3 Å². The number of aromatic nitrogens is 2. The Morgan fingerprint density at radius 3 is 2.54 bits per heavy atom. The van der Waals surface area contributed by atoms with E-state index in [0.717, 1.165) is 6.07 Å². The molecule has 0 atom stereocenters. The second kappa shape index (κ2) is 11.7. The summed E-state index contributed by atoms with van der Waals surface area (Å²) in [6.45, 7) is -2.66. The number of amides is 2. The van der Waals surface area contributed by atoms with Gasteiger partial charge in [0.15, 0.2) is 0 Å². The number of benzene rings is 2. The quantitative estimate of drug-likeness (QED) is 0.299. The van der Waals surface area contributed by atoms with E-state index in [1.54, 1.807) is 29.1 Å². The van der Waals surface area contributed by atoms with E-state index in [1.165, 1.54) is 6.07 Å². The van der Waals surface area contributed by atoms with Gasteiger partial charge in [-0.2, -0.15) is 18.4 Å². The first-order valence-corrected chi connectivity index (χ1v) is 12.9. The standard InChI is InChI=1S/C26H22Cl2F5N5O3/c1-38-18-8-19(41-10-20(29)30)15(23(39)36-12-26(31,32)33)6-17(18)37-21(38)7-14-16(27)3-2-13(22(14)28)9-35-24(40)25(11-34)4-5-25/h2-3,6,8,20H,4-5,7,9-10,12H2,1H3,(H,35,40)(H,36,39). The number of halogens is 7. The van der Waals surface area contributed by atoms with Crippen LogP contribution in [0.5, 0.6) is 5.75 Å². The highest BCUT2D eigenvalue weighted by molar-refractivity contribution is 6.36. The SMILES string of the molecule is Cn1c(Cc2c(Cl)ccc(CNC(=O)C3(C#N)CC3)c2Cl)nc2cc(C(=O)NCC(F)(F)F)c(OCC(F)F)cc21. The minimum atomic E-state index is -4.69. The Morgan fingerprint density at radius 1 is 1.22 bits per heavy atom. The summed E-state index contributed by atoms with van der Waals surface area (Å²) in [6.07, 6.45) is -6.54. The molecule has 8 nitrogen and oxygen atoms in total. The van der Waals surface area contributed by atoms with E-state index < -0.39 is 42.6 Å². The average Bonchev–Trinajstić information content (AvgIpc) is 3.66. The number of imidazole rings is 1. The number of ether oxygens (including phenoxy) is 1. The lowest BCUT2D eigenvalue weighted by atomic mass is 10.1. The number of fused-ring (bicyclic) bond motifs is 1. The molecule has 0 saturated heterocycles. The molecule has 0 radical (unpaired) electrons. The average molecular weight is 618 g/mol. The van der Waals surface area contributed by atoms with Crippen LogP contribution in [0, 0.1) is 16.7 Å². The van der Waals surface area contributed by atoms with Crippen LogP contribution in [0.15, 0.2) is 24.3 Å². The van der Waals surface area contributed by atoms with Gasteiger partial charge in [0, 0.05) is 31.1 Å². The fraction of sp³-hybridized carbons (Fsp3) is 0.385. The second-order valence-electron chi connectivity index (χ2n) is 9.48. The Balaban J connectivity index is 1.64. The molecule has 2 aromatic carbocycles. The van der Waals surface area contributed by atoms with Crippen LogP contribution < -0.4 is 15.4 Å². The Labute approximate surface area is 240 Å². The van der Waals surface area contributed by atoms with Gasteiger partial charge in [-0.15, -0.1) is 0 Å². The third-order valence-electron chi connectivity index (χ3n) is 6.57. The number of carbonyl (C=O) groups excluding carboxylic acids is 2. The van der Waals surface area contributed by atoms with Crippen LogP contribution in [-0.2, 0) is 24.8 Å². The summed E-state index contributed by atoms with van der Waals surface area (Å²) in [5, 5.41) is 14.2. The summed E-state index contributed by atoms with van der Waals surface area (Å²) in [5.41, 5.74) is 0.126. The van der Waals surface area contributed by atoms with Crippen LogP contribution in [0.25, 0.3) is 11.0 Å². The Morgan fingerprint density at radius 2 is 1.93 bits per heavy atom. The zero-order chi connectivity index (χ0) is 30.1. The Bertz CT molecular complexity index is 1550. The van der Waals surface area contributed by atoms with Crippen molar-refractivity contribution in [3.8, 4) is 11.8 Å². The number of nitrogens with one attached hydrogen (secondary N) is 2. The zero-order valence-corrected chi connectivity index (χ0v) is 22.9. The van der Waals surface area contributed by atoms with E-state index in [1.807, 2.05) is 6.07 Å². The third kappa shape index (κ3) is 6.82. The molecule has 218 valence electrons. The van der Waals surface area contributed by atoms with Crippen molar-refractivity contribution >= 4 is 46.0 Å². The summed E-state index contributed by atoms with van der Waals surface area (Å²) in [5.74, 6) is -1.53. The molecule has 0 unspecified atom stereocenters. The molecular weight excluding hydrogens is 596 g/mol. The molecular formula is C26H22Cl2F5N5O3. The lowest BCUT2D eigenvalue weighted by Gasteiger charge is -2.14. The van der Waals surface area contributed by atoms with E-state index in [4.69, 9.17) is 27.9 Å². The van der Waals surface area contributed by atoms with Crippen LogP contribution in [0.2, 0.25) is 10.0 Å². The Kier molecular flexibility index (Phi) is 8.65. The first-order chi connectivity index (χ1) is 19.2. The highest BCUT2D eigenvalue weighted by Crippen LogP contribution is 2.45. The first-order valence-electron chi connectivity index (χ1n) is 12.1. The predicted octanol–water partition coefficient (Wildman–Crippen LogP) is 5.33. The topological polar surface area (TPSA) is 109 Å². The second-order valence-corrected chi connectivity index (χ2v) is 10.3. The minimum Gasteiger partial charge on any atom is -0.487 e. The maximum Gasteiger partial charge on any atom is 0.405 e. The molecule has 1 aliphatic carbocycles. The van der Waals surface area contributed by atoms with Gasteiger partial charge in [0.05, 0.1) is 27.7 Å². The number of nitrogens with zero attached hydrogens (tertiary/aromatic N) is 3. The molecule has 0 aliphatic heterocycles. The van der Waals surface area contributed by atoms with Crippen LogP contribution in [0.1, 0.15) is 40.2 Å². The van der Waals surface area contributed by atoms with E-state index in [9.17, 15) is 36.8 Å². The number of nitriles is 1. The van der Waals surface area contributed by atoms with Crippen LogP contribution in [0.3, 0.4) is 0 Å². The van der Waals surface area contributed by atoms with Crippen molar-refractivity contribution in [3.63, 3.8) is 0 Å². The highest BCUT2D eigenvalue weighted by Gasteiger charge is 2.50. The van der Waals surface area contributed by atoms with Crippen molar-refractivity contribution in [2.24, 2.45) is 12.5 Å². The van der Waals surface area contributed by atoms with E-state index in [-0.39, 0.29) is 35.2 Å². The molecule has 1 fully saturated rings. The molecule has 3 aromatic rings. The minimum absolute atomic E-state index is 0.0506. The van der Waals surface area contributed by atoms with Crippen LogP contribution in [-0.4, -0.2) is 47.1 Å². The smallest absolute Gasteiger partial charge is 0.405 e. The predicted molar refractivity (Wildman–Crippen MR) is 139 cm³/mol. The number of hydrogen-bond acceptors (Lipinski definition) is 5. The molecule has 0 spiro atoms. The lowest BCUT2D eigenvalue weighted by Crippen LogP contribution is -2.34. The summed E-state index contributed by atoms with van der Waals surface area (Å²) < 4.78 is 70.2. The largest absolute Gasteiger partial charge is 0.487 e. The number of rotatable bonds is 10. The van der Waals surface area contributed by atoms with E-state index in [0.29, 0.717) is 40.3 Å². The van der Waals surface area contributed by atoms with Crippen LogP contribution in [0.4, 0.5) is 22.0 Å². The van der Waals surface area contributed by atoms with Crippen LogP contribution >= 0.6 is 23.2 Å². The highest BCUT2D eigenvalue weighted by atomic mass is 35.5. The van der Waals surface area contributed by atoms with Gasteiger partial charge in [-0.1, -0.05) is 29.3 Å². The molecule has 4 rings (SSSR count). The lowest BCUT2D eigenvalue weighted by molar-refractivity contribution is -0.124. The molecule has 1 saturated carbocycles. The zero-order valence-electron chi connectivity index (χ0n) is 21.3. The van der Waals surface area contributed by atoms with Gasteiger partial charge < -0.3 is 19.9 Å². The summed E-state index contributed by atoms with van der Waals surface area (Å²) >= 11 is 13.0. The molecule has 2 N–H and O–H groups in total. The van der Waals surface area contributed by atoms with Crippen molar-refractivity contribution in [1.29, 1.82) is 5.26 Å². The van der Waals surface area contributed by atoms with Crippen molar-refractivity contribution in [3.05, 3.63) is 56.8 Å². The van der Waals surface area contributed by atoms with Gasteiger partial charge in [-0.3, -0.25) is 9.59 Å². The number of aryl methyl sites for hydroxylation is 1. The van der Waals surface area contributed by atoms with Crippen molar-refractivity contribution in [2.75, 3.05) is 13.2 Å². The molecule has 1 aliphatic rings. The fourth-order valence-corrected chi connectivity index (χ4v) is 4.69. The molecule has 15 heteroatoms. The molecule has 2 amide bonds. The molecule has 1 heterocycles. The summed E-state index contributed by atoms with van der Waals surface area (Å²) in [6, 6.07) is 7.64. The number of alkyl halides is 5. The summed E-state index contributed by atoms with van der Waals surface area (Å²) in [4.78, 5) is 29.3. The van der Waals surface area contributed by atoms with Gasteiger partial charge in [0.1, 0.15) is 30.1 Å². The van der Waals surface area contributed by atoms with Crippen molar-refractivity contribution in [2.45, 2.75) is 38.4 Å². The van der Waals surface area contributed by atoms with Gasteiger partial charge in [0.25, 0.3) is 12.3 Å². The maximum absolute atomic E-state index is 12.8. The number of hydrogen-bond donors (Lipinski definition) is 2. The number of carbonyl (C=O) groups is 2. The van der Waals surface area contributed by atoms with Gasteiger partial charge in [0.2, 0.25) is 5.91 Å². The molecule has 41 heavy (non-hydrogen) atoms. The third-order valence-corrected chi connectivity index (χ3v) is 7.40. The summed E-state index contributed by atoms with van der Waals surface area (Å²) in [7, 11) is 1.60. The van der Waals surface area contributed by atoms with Gasteiger partial charge in [-0.25, -0.2) is 13.8 Å².